The summed E-state index contributed by atoms with van der Waals surface area (Å²) in [4.78, 5) is 26.5. The van der Waals surface area contributed by atoms with Gasteiger partial charge in [-0.2, -0.15) is 0 Å². The van der Waals surface area contributed by atoms with Crippen molar-refractivity contribution >= 4 is 23.4 Å². The van der Waals surface area contributed by atoms with E-state index in [4.69, 9.17) is 11.6 Å². The van der Waals surface area contributed by atoms with Crippen LogP contribution in [0.2, 0.25) is 5.02 Å². The molecule has 0 atom stereocenters. The molecule has 1 saturated heterocycles. The van der Waals surface area contributed by atoms with Crippen molar-refractivity contribution in [3.63, 3.8) is 0 Å². The summed E-state index contributed by atoms with van der Waals surface area (Å²) in [5.41, 5.74) is 0.648. The number of rotatable bonds is 5. The fourth-order valence-corrected chi connectivity index (χ4v) is 3.06. The lowest BCUT2D eigenvalue weighted by Gasteiger charge is -2.32. The molecule has 1 aromatic rings. The minimum atomic E-state index is 0.0144. The first-order valence-electron chi connectivity index (χ1n) is 8.40. The number of hydrogen-bond donors (Lipinski definition) is 1. The van der Waals surface area contributed by atoms with Gasteiger partial charge < -0.3 is 10.2 Å². The largest absolute Gasteiger partial charge is 0.353 e. The highest BCUT2D eigenvalue weighted by molar-refractivity contribution is 6.30. The number of nitrogens with one attached hydrogen (secondary N) is 1. The number of halogens is 1. The van der Waals surface area contributed by atoms with Crippen molar-refractivity contribution in [1.82, 2.24) is 10.2 Å². The van der Waals surface area contributed by atoms with E-state index in [1.165, 1.54) is 0 Å². The van der Waals surface area contributed by atoms with Gasteiger partial charge in [-0.15, -0.1) is 0 Å². The normalized spacial score (nSPS) is 15.7. The van der Waals surface area contributed by atoms with Gasteiger partial charge in [-0.1, -0.05) is 25.4 Å². The second-order valence-corrected chi connectivity index (χ2v) is 6.53. The zero-order chi connectivity index (χ0) is 16.8. The average molecular weight is 337 g/mol. The molecule has 5 heteroatoms. The van der Waals surface area contributed by atoms with Gasteiger partial charge in [-0.25, -0.2) is 0 Å². The molecule has 0 aromatic heterocycles. The molecular weight excluding hydrogens is 312 g/mol. The molecule has 4 nitrogen and oxygen atoms in total. The molecule has 0 spiro atoms. The molecule has 1 aliphatic heterocycles. The summed E-state index contributed by atoms with van der Waals surface area (Å²) in [7, 11) is 0. The summed E-state index contributed by atoms with van der Waals surface area (Å²) in [6.45, 7) is 5.43. The van der Waals surface area contributed by atoms with Crippen LogP contribution < -0.4 is 5.32 Å². The Kier molecular flexibility index (Phi) is 6.46. The van der Waals surface area contributed by atoms with Crippen molar-refractivity contribution in [2.24, 2.45) is 5.92 Å². The van der Waals surface area contributed by atoms with Crippen LogP contribution in [0.25, 0.3) is 0 Å². The first-order chi connectivity index (χ1) is 11.0. The summed E-state index contributed by atoms with van der Waals surface area (Å²) in [6.07, 6.45) is 3.36. The van der Waals surface area contributed by atoms with E-state index in [9.17, 15) is 9.59 Å². The number of amides is 2. The van der Waals surface area contributed by atoms with Crippen LogP contribution in [0, 0.1) is 5.92 Å². The molecule has 1 aliphatic rings. The number of nitrogens with zero attached hydrogens (tertiary/aromatic N) is 1. The third-order valence-electron chi connectivity index (χ3n) is 4.58. The number of carbonyl (C=O) groups is 2. The van der Waals surface area contributed by atoms with Gasteiger partial charge in [0.05, 0.1) is 0 Å². The lowest BCUT2D eigenvalue weighted by atomic mass is 9.94. The van der Waals surface area contributed by atoms with Crippen LogP contribution in [0.15, 0.2) is 24.3 Å². The zero-order valence-electron chi connectivity index (χ0n) is 13.8. The Balaban J connectivity index is 1.87. The van der Waals surface area contributed by atoms with Crippen molar-refractivity contribution in [1.29, 1.82) is 0 Å². The topological polar surface area (TPSA) is 49.4 Å². The standard InChI is InChI=1S/C18H25ClN2O2/c1-3-16(4-2)20-17(22)13-9-11-21(12-10-13)18(23)14-5-7-15(19)8-6-14/h5-8,13,16H,3-4,9-12H2,1-2H3,(H,20,22). The molecule has 0 saturated carbocycles. The van der Waals surface area contributed by atoms with Gasteiger partial charge in [-0.05, 0) is 49.9 Å². The second-order valence-electron chi connectivity index (χ2n) is 6.10. The van der Waals surface area contributed by atoms with Crippen molar-refractivity contribution in [3.8, 4) is 0 Å². The number of likely N-dealkylation sites (tertiary alicyclic amines) is 1. The van der Waals surface area contributed by atoms with Crippen molar-refractivity contribution in [3.05, 3.63) is 34.9 Å². The summed E-state index contributed by atoms with van der Waals surface area (Å²) in [6, 6.07) is 7.21. The Hall–Kier alpha value is -1.55. The van der Waals surface area contributed by atoms with Gasteiger partial charge in [0.25, 0.3) is 5.91 Å². The highest BCUT2D eigenvalue weighted by Gasteiger charge is 2.28. The number of benzene rings is 1. The maximum atomic E-state index is 12.4. The maximum Gasteiger partial charge on any atom is 0.253 e. The average Bonchev–Trinajstić information content (AvgIpc) is 2.59. The van der Waals surface area contributed by atoms with Crippen LogP contribution in [0.1, 0.15) is 49.9 Å². The second kappa shape index (κ2) is 8.34. The van der Waals surface area contributed by atoms with E-state index < -0.39 is 0 Å². The molecular formula is C18H25ClN2O2. The van der Waals surface area contributed by atoms with Gasteiger partial charge in [-0.3, -0.25) is 9.59 Å². The van der Waals surface area contributed by atoms with E-state index in [1.807, 2.05) is 4.90 Å². The molecule has 0 bridgehead atoms. The van der Waals surface area contributed by atoms with Crippen molar-refractivity contribution in [2.45, 2.75) is 45.6 Å². The van der Waals surface area contributed by atoms with Crippen LogP contribution in [0.5, 0.6) is 0 Å². The van der Waals surface area contributed by atoms with E-state index in [2.05, 4.69) is 19.2 Å². The molecule has 0 radical (unpaired) electrons. The quantitative estimate of drug-likeness (QED) is 0.894. The number of carbonyl (C=O) groups excluding carboxylic acids is 2. The van der Waals surface area contributed by atoms with E-state index >= 15 is 0 Å². The van der Waals surface area contributed by atoms with Gasteiger partial charge in [0, 0.05) is 35.6 Å². The van der Waals surface area contributed by atoms with E-state index in [0.717, 1.165) is 25.7 Å². The highest BCUT2D eigenvalue weighted by Crippen LogP contribution is 2.20. The molecule has 1 fully saturated rings. The third kappa shape index (κ3) is 4.71. The molecule has 0 unspecified atom stereocenters. The third-order valence-corrected chi connectivity index (χ3v) is 4.83. The lowest BCUT2D eigenvalue weighted by Crippen LogP contribution is -2.45. The number of piperidine rings is 1. The van der Waals surface area contributed by atoms with E-state index in [-0.39, 0.29) is 23.8 Å². The Morgan fingerprint density at radius 2 is 1.74 bits per heavy atom. The minimum Gasteiger partial charge on any atom is -0.353 e. The van der Waals surface area contributed by atoms with Gasteiger partial charge >= 0.3 is 0 Å². The minimum absolute atomic E-state index is 0.0144. The summed E-state index contributed by atoms with van der Waals surface area (Å²) >= 11 is 5.85. The Morgan fingerprint density at radius 3 is 2.26 bits per heavy atom. The van der Waals surface area contributed by atoms with Crippen molar-refractivity contribution < 1.29 is 9.59 Å². The molecule has 1 heterocycles. The highest BCUT2D eigenvalue weighted by atomic mass is 35.5. The molecule has 2 rings (SSSR count). The monoisotopic (exact) mass is 336 g/mol. The zero-order valence-corrected chi connectivity index (χ0v) is 14.6. The van der Waals surface area contributed by atoms with Gasteiger partial charge in [0.1, 0.15) is 0 Å². The molecule has 1 aromatic carbocycles. The molecule has 0 aliphatic carbocycles. The van der Waals surface area contributed by atoms with Crippen molar-refractivity contribution in [2.75, 3.05) is 13.1 Å². The Morgan fingerprint density at radius 1 is 1.17 bits per heavy atom. The van der Waals surface area contributed by atoms with E-state index in [1.54, 1.807) is 24.3 Å². The first kappa shape index (κ1) is 17.8. The smallest absolute Gasteiger partial charge is 0.253 e. The Bertz CT molecular complexity index is 532. The number of hydrogen-bond acceptors (Lipinski definition) is 2. The predicted molar refractivity (Wildman–Crippen MR) is 92.6 cm³/mol. The molecule has 126 valence electrons. The van der Waals surface area contributed by atoms with Gasteiger partial charge in [0.15, 0.2) is 0 Å². The van der Waals surface area contributed by atoms with Crippen LogP contribution in [-0.2, 0) is 4.79 Å². The first-order valence-corrected chi connectivity index (χ1v) is 8.78. The van der Waals surface area contributed by atoms with Gasteiger partial charge in [0.2, 0.25) is 5.91 Å². The molecule has 1 N–H and O–H groups in total. The fourth-order valence-electron chi connectivity index (χ4n) is 2.93. The molecule has 23 heavy (non-hydrogen) atoms. The van der Waals surface area contributed by atoms with Crippen LogP contribution >= 0.6 is 11.6 Å². The molecule has 2 amide bonds. The van der Waals surface area contributed by atoms with Crippen LogP contribution in [0.4, 0.5) is 0 Å². The Labute approximate surface area is 143 Å². The van der Waals surface area contributed by atoms with E-state index in [0.29, 0.717) is 23.7 Å². The SMILES string of the molecule is CCC(CC)NC(=O)C1CCN(C(=O)c2ccc(Cl)cc2)CC1. The summed E-state index contributed by atoms with van der Waals surface area (Å²) in [5.74, 6) is 0.169. The van der Waals surface area contributed by atoms with Crippen LogP contribution in [0.3, 0.4) is 0 Å². The van der Waals surface area contributed by atoms with Crippen LogP contribution in [-0.4, -0.2) is 35.8 Å². The summed E-state index contributed by atoms with van der Waals surface area (Å²) < 4.78 is 0. The maximum absolute atomic E-state index is 12.4. The summed E-state index contributed by atoms with van der Waals surface area (Å²) in [5, 5.41) is 3.73. The fraction of sp³-hybridized carbons (Fsp3) is 0.556. The predicted octanol–water partition coefficient (Wildman–Crippen LogP) is 3.50. The lowest BCUT2D eigenvalue weighted by molar-refractivity contribution is -0.127.